The Bertz CT molecular complexity index is 357. The van der Waals surface area contributed by atoms with Gasteiger partial charge < -0.3 is 9.64 Å². The van der Waals surface area contributed by atoms with E-state index in [1.807, 2.05) is 20.8 Å². The first-order valence-corrected chi connectivity index (χ1v) is 7.46. The largest absolute Gasteiger partial charge is 0.444 e. The molecule has 1 rings (SSSR count). The van der Waals surface area contributed by atoms with Gasteiger partial charge >= 0.3 is 6.09 Å². The Labute approximate surface area is 122 Å². The first kappa shape index (κ1) is 16.8. The molecule has 1 aliphatic rings. The second-order valence-corrected chi connectivity index (χ2v) is 6.27. The van der Waals surface area contributed by atoms with Crippen molar-refractivity contribution >= 4 is 6.09 Å². The van der Waals surface area contributed by atoms with E-state index in [0.29, 0.717) is 19.1 Å². The number of nitrogens with zero attached hydrogens (tertiary/aromatic N) is 3. The molecule has 0 aromatic carbocycles. The van der Waals surface area contributed by atoms with Crippen molar-refractivity contribution in [2.24, 2.45) is 0 Å². The van der Waals surface area contributed by atoms with Gasteiger partial charge in [0.2, 0.25) is 0 Å². The maximum absolute atomic E-state index is 12.1. The second-order valence-electron chi connectivity index (χ2n) is 6.27. The van der Waals surface area contributed by atoms with Crippen LogP contribution >= 0.6 is 0 Å². The summed E-state index contributed by atoms with van der Waals surface area (Å²) >= 11 is 0. The highest BCUT2D eigenvalue weighted by Gasteiger charge is 2.26. The number of ether oxygens (including phenoxy) is 1. The smallest absolute Gasteiger partial charge is 0.410 e. The number of rotatable bonds is 3. The van der Waals surface area contributed by atoms with E-state index in [4.69, 9.17) is 10.00 Å². The molecule has 0 spiro atoms. The number of carbonyl (C=O) groups excluding carboxylic acids is 1. The molecule has 1 unspecified atom stereocenters. The van der Waals surface area contributed by atoms with E-state index in [0.717, 1.165) is 32.4 Å². The zero-order valence-electron chi connectivity index (χ0n) is 13.2. The van der Waals surface area contributed by atoms with Gasteiger partial charge in [0.25, 0.3) is 0 Å². The van der Waals surface area contributed by atoms with Crippen LogP contribution in [-0.2, 0) is 4.74 Å². The fraction of sp³-hybridized carbons (Fsp3) is 0.867. The summed E-state index contributed by atoms with van der Waals surface area (Å²) in [6, 6.07) is 2.62. The lowest BCUT2D eigenvalue weighted by Gasteiger charge is -2.28. The molecule has 1 amide bonds. The number of hydrogen-bond donors (Lipinski definition) is 0. The first-order chi connectivity index (χ1) is 9.37. The van der Waals surface area contributed by atoms with E-state index in [1.54, 1.807) is 4.90 Å². The number of nitriles is 1. The highest BCUT2D eigenvalue weighted by atomic mass is 16.6. The quantitative estimate of drug-likeness (QED) is 0.746. The molecule has 0 aromatic rings. The van der Waals surface area contributed by atoms with Crippen molar-refractivity contribution in [3.05, 3.63) is 0 Å². The van der Waals surface area contributed by atoms with Gasteiger partial charge in [-0.1, -0.05) is 6.92 Å². The van der Waals surface area contributed by atoms with E-state index in [1.165, 1.54) is 0 Å². The van der Waals surface area contributed by atoms with Crippen LogP contribution in [0.15, 0.2) is 0 Å². The molecule has 1 fully saturated rings. The molecule has 0 bridgehead atoms. The minimum absolute atomic E-state index is 0.221. The van der Waals surface area contributed by atoms with Gasteiger partial charge in [0.1, 0.15) is 5.60 Å². The standard InChI is InChI=1S/C15H27N3O2/c1-5-17(12-9-16)13-7-6-10-18(11-8-13)14(19)20-15(2,3)4/h13H,5-8,10-12H2,1-4H3. The lowest BCUT2D eigenvalue weighted by molar-refractivity contribution is 0.0253. The van der Waals surface area contributed by atoms with Gasteiger partial charge in [0, 0.05) is 19.1 Å². The Kier molecular flexibility index (Phi) is 6.28. The van der Waals surface area contributed by atoms with Gasteiger partial charge in [0.15, 0.2) is 0 Å². The summed E-state index contributed by atoms with van der Waals surface area (Å²) < 4.78 is 5.42. The Morgan fingerprint density at radius 1 is 1.40 bits per heavy atom. The van der Waals surface area contributed by atoms with Gasteiger partial charge in [-0.15, -0.1) is 0 Å². The van der Waals surface area contributed by atoms with Crippen LogP contribution in [-0.4, -0.2) is 53.7 Å². The number of amides is 1. The molecule has 1 saturated heterocycles. The fourth-order valence-electron chi connectivity index (χ4n) is 2.54. The van der Waals surface area contributed by atoms with Gasteiger partial charge in [-0.3, -0.25) is 4.90 Å². The third-order valence-electron chi connectivity index (χ3n) is 3.55. The highest BCUT2D eigenvalue weighted by molar-refractivity contribution is 5.68. The van der Waals surface area contributed by atoms with Crippen molar-refractivity contribution in [3.8, 4) is 6.07 Å². The van der Waals surface area contributed by atoms with Crippen LogP contribution in [0.25, 0.3) is 0 Å². The summed E-state index contributed by atoms with van der Waals surface area (Å²) in [6.07, 6.45) is 2.69. The van der Waals surface area contributed by atoms with Crippen molar-refractivity contribution in [3.63, 3.8) is 0 Å². The van der Waals surface area contributed by atoms with Crippen LogP contribution in [0, 0.1) is 11.3 Å². The lowest BCUT2D eigenvalue weighted by atomic mass is 10.1. The third kappa shape index (κ3) is 5.38. The van der Waals surface area contributed by atoms with E-state index in [2.05, 4.69) is 17.9 Å². The molecule has 114 valence electrons. The van der Waals surface area contributed by atoms with Crippen molar-refractivity contribution in [1.82, 2.24) is 9.80 Å². The summed E-state index contributed by atoms with van der Waals surface area (Å²) in [4.78, 5) is 16.1. The lowest BCUT2D eigenvalue weighted by Crippen LogP contribution is -2.39. The molecule has 0 aromatic heterocycles. The van der Waals surface area contributed by atoms with E-state index in [-0.39, 0.29) is 6.09 Å². The minimum Gasteiger partial charge on any atom is -0.444 e. The second kappa shape index (κ2) is 7.49. The number of carbonyl (C=O) groups is 1. The Balaban J connectivity index is 2.55. The molecule has 20 heavy (non-hydrogen) atoms. The van der Waals surface area contributed by atoms with Crippen LogP contribution in [0.5, 0.6) is 0 Å². The summed E-state index contributed by atoms with van der Waals surface area (Å²) in [7, 11) is 0. The minimum atomic E-state index is -0.445. The van der Waals surface area contributed by atoms with E-state index < -0.39 is 5.60 Å². The Hall–Kier alpha value is -1.28. The normalized spacial score (nSPS) is 20.4. The van der Waals surface area contributed by atoms with Gasteiger partial charge in [-0.25, -0.2) is 4.79 Å². The third-order valence-corrected chi connectivity index (χ3v) is 3.55. The maximum atomic E-state index is 12.1. The maximum Gasteiger partial charge on any atom is 0.410 e. The SMILES string of the molecule is CCN(CC#N)C1CCCN(C(=O)OC(C)(C)C)CC1. The molecule has 0 radical (unpaired) electrons. The molecule has 1 heterocycles. The van der Waals surface area contributed by atoms with Crippen LogP contribution in [0.2, 0.25) is 0 Å². The van der Waals surface area contributed by atoms with Crippen molar-refractivity contribution < 1.29 is 9.53 Å². The molecular formula is C15H27N3O2. The first-order valence-electron chi connectivity index (χ1n) is 7.46. The molecule has 5 nitrogen and oxygen atoms in total. The number of hydrogen-bond acceptors (Lipinski definition) is 4. The van der Waals surface area contributed by atoms with Crippen LogP contribution in [0.4, 0.5) is 4.79 Å². The molecule has 1 atom stereocenters. The van der Waals surface area contributed by atoms with Gasteiger partial charge in [0.05, 0.1) is 12.6 Å². The van der Waals surface area contributed by atoms with Crippen LogP contribution in [0.1, 0.15) is 47.0 Å². The molecule has 0 aliphatic carbocycles. The monoisotopic (exact) mass is 281 g/mol. The highest BCUT2D eigenvalue weighted by Crippen LogP contribution is 2.18. The van der Waals surface area contributed by atoms with Crippen LogP contribution in [0.3, 0.4) is 0 Å². The van der Waals surface area contributed by atoms with Crippen molar-refractivity contribution in [2.75, 3.05) is 26.2 Å². The average Bonchev–Trinajstić information content (AvgIpc) is 2.59. The molecule has 0 N–H and O–H groups in total. The fourth-order valence-corrected chi connectivity index (χ4v) is 2.54. The topological polar surface area (TPSA) is 56.6 Å². The van der Waals surface area contributed by atoms with E-state index in [9.17, 15) is 4.79 Å². The summed E-state index contributed by atoms with van der Waals surface area (Å²) in [5.41, 5.74) is -0.445. The Morgan fingerprint density at radius 3 is 2.65 bits per heavy atom. The van der Waals surface area contributed by atoms with Crippen LogP contribution < -0.4 is 0 Å². The average molecular weight is 281 g/mol. The van der Waals surface area contributed by atoms with Gasteiger partial charge in [-0.05, 0) is 46.6 Å². The van der Waals surface area contributed by atoms with Crippen molar-refractivity contribution in [2.45, 2.75) is 58.6 Å². The zero-order valence-corrected chi connectivity index (χ0v) is 13.2. The van der Waals surface area contributed by atoms with Crippen molar-refractivity contribution in [1.29, 1.82) is 5.26 Å². The summed E-state index contributed by atoms with van der Waals surface area (Å²) in [5.74, 6) is 0. The molecule has 5 heteroatoms. The number of likely N-dealkylation sites (tertiary alicyclic amines) is 1. The summed E-state index contributed by atoms with van der Waals surface area (Å²) in [6.45, 7) is 10.5. The summed E-state index contributed by atoms with van der Waals surface area (Å²) in [5, 5.41) is 8.86. The zero-order chi connectivity index (χ0) is 15.2. The molecule has 0 saturated carbocycles. The van der Waals surface area contributed by atoms with E-state index >= 15 is 0 Å². The predicted octanol–water partition coefficient (Wildman–Crippen LogP) is 2.62. The molecular weight excluding hydrogens is 254 g/mol. The molecule has 1 aliphatic heterocycles. The van der Waals surface area contributed by atoms with Gasteiger partial charge in [-0.2, -0.15) is 5.26 Å². The Morgan fingerprint density at radius 2 is 2.10 bits per heavy atom. The predicted molar refractivity (Wildman–Crippen MR) is 78.3 cm³/mol.